The average Bonchev–Trinajstić information content (AvgIpc) is 2.37. The summed E-state index contributed by atoms with van der Waals surface area (Å²) in [6.45, 7) is 2.95. The maximum absolute atomic E-state index is 11.7. The molecule has 1 heterocycles. The molecule has 0 aliphatic carbocycles. The second-order valence-corrected chi connectivity index (χ2v) is 5.18. The summed E-state index contributed by atoms with van der Waals surface area (Å²) in [5.41, 5.74) is 0.468. The molecule has 4 heteroatoms. The Balaban J connectivity index is 2.14. The SMILES string of the molecule is CCCCCCCCNC(=O)c1cccc(Br)n1. The third-order valence-electron chi connectivity index (χ3n) is 2.76. The first-order valence-electron chi connectivity index (χ1n) is 6.64. The molecule has 0 saturated heterocycles. The van der Waals surface area contributed by atoms with Crippen LogP contribution in [0, 0.1) is 0 Å². The minimum Gasteiger partial charge on any atom is -0.351 e. The zero-order valence-corrected chi connectivity index (χ0v) is 12.5. The molecular weight excluding hydrogens is 292 g/mol. The van der Waals surface area contributed by atoms with Crippen LogP contribution in [0.3, 0.4) is 0 Å². The fraction of sp³-hybridized carbons (Fsp3) is 0.571. The van der Waals surface area contributed by atoms with Crippen LogP contribution < -0.4 is 5.32 Å². The van der Waals surface area contributed by atoms with Crippen molar-refractivity contribution < 1.29 is 4.79 Å². The number of unbranched alkanes of at least 4 members (excludes halogenated alkanes) is 5. The number of rotatable bonds is 8. The molecule has 1 aromatic heterocycles. The topological polar surface area (TPSA) is 42.0 Å². The number of hydrogen-bond acceptors (Lipinski definition) is 2. The number of nitrogens with one attached hydrogen (secondary N) is 1. The first-order chi connectivity index (χ1) is 8.74. The van der Waals surface area contributed by atoms with E-state index in [4.69, 9.17) is 0 Å². The molecule has 0 aliphatic rings. The monoisotopic (exact) mass is 312 g/mol. The minimum absolute atomic E-state index is 0.0927. The highest BCUT2D eigenvalue weighted by molar-refractivity contribution is 9.10. The molecule has 0 aliphatic heterocycles. The fourth-order valence-electron chi connectivity index (χ4n) is 1.73. The van der Waals surface area contributed by atoms with Crippen LogP contribution in [0.2, 0.25) is 0 Å². The molecule has 1 aromatic rings. The maximum Gasteiger partial charge on any atom is 0.269 e. The Morgan fingerprint density at radius 1 is 1.22 bits per heavy atom. The van der Waals surface area contributed by atoms with Crippen LogP contribution in [0.4, 0.5) is 0 Å². The Morgan fingerprint density at radius 2 is 1.94 bits per heavy atom. The zero-order valence-electron chi connectivity index (χ0n) is 10.9. The molecule has 1 amide bonds. The molecule has 0 atom stereocenters. The first kappa shape index (κ1) is 15.2. The molecular formula is C14H21BrN2O. The molecule has 0 radical (unpaired) electrons. The van der Waals surface area contributed by atoms with Gasteiger partial charge in [-0.25, -0.2) is 4.98 Å². The summed E-state index contributed by atoms with van der Waals surface area (Å²) in [5, 5.41) is 2.89. The summed E-state index contributed by atoms with van der Waals surface area (Å²) >= 11 is 3.26. The number of pyridine rings is 1. The summed E-state index contributed by atoms with van der Waals surface area (Å²) in [6.07, 6.45) is 7.38. The summed E-state index contributed by atoms with van der Waals surface area (Å²) in [7, 11) is 0. The number of halogens is 1. The third kappa shape index (κ3) is 6.15. The van der Waals surface area contributed by atoms with E-state index in [-0.39, 0.29) is 5.91 Å². The smallest absolute Gasteiger partial charge is 0.269 e. The van der Waals surface area contributed by atoms with Crippen molar-refractivity contribution in [1.29, 1.82) is 0 Å². The van der Waals surface area contributed by atoms with Gasteiger partial charge in [0.05, 0.1) is 0 Å². The standard InChI is InChI=1S/C14H21BrN2O/c1-2-3-4-5-6-7-11-16-14(18)12-9-8-10-13(15)17-12/h8-10H,2-7,11H2,1H3,(H,16,18). The highest BCUT2D eigenvalue weighted by Crippen LogP contribution is 2.07. The van der Waals surface area contributed by atoms with Gasteiger partial charge in [-0.05, 0) is 34.5 Å². The first-order valence-corrected chi connectivity index (χ1v) is 7.44. The highest BCUT2D eigenvalue weighted by Gasteiger charge is 2.05. The van der Waals surface area contributed by atoms with E-state index < -0.39 is 0 Å². The van der Waals surface area contributed by atoms with Crippen LogP contribution in [-0.4, -0.2) is 17.4 Å². The fourth-order valence-corrected chi connectivity index (χ4v) is 2.08. The van der Waals surface area contributed by atoms with Crippen LogP contribution in [0.25, 0.3) is 0 Å². The van der Waals surface area contributed by atoms with E-state index in [1.165, 1.54) is 32.1 Å². The van der Waals surface area contributed by atoms with Gasteiger partial charge >= 0.3 is 0 Å². The lowest BCUT2D eigenvalue weighted by Crippen LogP contribution is -2.25. The Kier molecular flexibility index (Phi) is 7.65. The number of aromatic nitrogens is 1. The van der Waals surface area contributed by atoms with Crippen molar-refractivity contribution in [3.05, 3.63) is 28.5 Å². The number of nitrogens with zero attached hydrogens (tertiary/aromatic N) is 1. The molecule has 0 unspecified atom stereocenters. The van der Waals surface area contributed by atoms with Gasteiger partial charge in [-0.2, -0.15) is 0 Å². The van der Waals surface area contributed by atoms with Gasteiger partial charge in [-0.3, -0.25) is 4.79 Å². The number of carbonyl (C=O) groups is 1. The van der Waals surface area contributed by atoms with Gasteiger partial charge in [-0.1, -0.05) is 45.1 Å². The molecule has 0 saturated carbocycles. The van der Waals surface area contributed by atoms with Gasteiger partial charge in [0, 0.05) is 6.54 Å². The minimum atomic E-state index is -0.0927. The number of carbonyl (C=O) groups excluding carboxylic acids is 1. The van der Waals surface area contributed by atoms with Gasteiger partial charge in [0.25, 0.3) is 5.91 Å². The van der Waals surface area contributed by atoms with Crippen LogP contribution in [0.15, 0.2) is 22.8 Å². The van der Waals surface area contributed by atoms with Crippen molar-refractivity contribution in [3.8, 4) is 0 Å². The Bertz CT molecular complexity index is 369. The molecule has 100 valence electrons. The van der Waals surface area contributed by atoms with E-state index in [2.05, 4.69) is 33.2 Å². The van der Waals surface area contributed by atoms with Crippen LogP contribution >= 0.6 is 15.9 Å². The predicted octanol–water partition coefficient (Wildman–Crippen LogP) is 3.93. The van der Waals surface area contributed by atoms with Crippen molar-refractivity contribution >= 4 is 21.8 Å². The molecule has 0 fully saturated rings. The van der Waals surface area contributed by atoms with Gasteiger partial charge in [0.1, 0.15) is 10.3 Å². The van der Waals surface area contributed by atoms with Gasteiger partial charge in [-0.15, -0.1) is 0 Å². The average molecular weight is 313 g/mol. The molecule has 18 heavy (non-hydrogen) atoms. The van der Waals surface area contributed by atoms with E-state index >= 15 is 0 Å². The Labute approximate surface area is 118 Å². The Hall–Kier alpha value is -0.900. The molecule has 3 nitrogen and oxygen atoms in total. The molecule has 1 rings (SSSR count). The maximum atomic E-state index is 11.7. The van der Waals surface area contributed by atoms with E-state index in [1.54, 1.807) is 6.07 Å². The third-order valence-corrected chi connectivity index (χ3v) is 3.21. The quantitative estimate of drug-likeness (QED) is 0.583. The second kappa shape index (κ2) is 9.09. The molecule has 0 spiro atoms. The van der Waals surface area contributed by atoms with Crippen LogP contribution in [-0.2, 0) is 0 Å². The van der Waals surface area contributed by atoms with E-state index in [0.29, 0.717) is 10.3 Å². The molecule has 0 aromatic carbocycles. The lowest BCUT2D eigenvalue weighted by Gasteiger charge is -2.04. The van der Waals surface area contributed by atoms with Crippen molar-refractivity contribution in [2.75, 3.05) is 6.54 Å². The van der Waals surface area contributed by atoms with E-state index in [0.717, 1.165) is 13.0 Å². The normalized spacial score (nSPS) is 10.3. The van der Waals surface area contributed by atoms with Gasteiger partial charge < -0.3 is 5.32 Å². The van der Waals surface area contributed by atoms with Crippen LogP contribution in [0.5, 0.6) is 0 Å². The largest absolute Gasteiger partial charge is 0.351 e. The lowest BCUT2D eigenvalue weighted by molar-refractivity contribution is 0.0948. The van der Waals surface area contributed by atoms with E-state index in [1.807, 2.05) is 12.1 Å². The second-order valence-electron chi connectivity index (χ2n) is 4.37. The van der Waals surface area contributed by atoms with Crippen molar-refractivity contribution in [2.45, 2.75) is 45.4 Å². The van der Waals surface area contributed by atoms with E-state index in [9.17, 15) is 4.79 Å². The van der Waals surface area contributed by atoms with Gasteiger partial charge in [0.15, 0.2) is 0 Å². The summed E-state index contributed by atoms with van der Waals surface area (Å²) in [5.74, 6) is -0.0927. The summed E-state index contributed by atoms with van der Waals surface area (Å²) < 4.78 is 0.690. The molecule has 1 N–H and O–H groups in total. The number of hydrogen-bond donors (Lipinski definition) is 1. The summed E-state index contributed by atoms with van der Waals surface area (Å²) in [6, 6.07) is 5.35. The van der Waals surface area contributed by atoms with Gasteiger partial charge in [0.2, 0.25) is 0 Å². The predicted molar refractivity (Wildman–Crippen MR) is 77.6 cm³/mol. The summed E-state index contributed by atoms with van der Waals surface area (Å²) in [4.78, 5) is 15.9. The van der Waals surface area contributed by atoms with Crippen LogP contribution in [0.1, 0.15) is 55.9 Å². The Morgan fingerprint density at radius 3 is 2.67 bits per heavy atom. The molecule has 0 bridgehead atoms. The zero-order chi connectivity index (χ0) is 13.2. The highest BCUT2D eigenvalue weighted by atomic mass is 79.9. The van der Waals surface area contributed by atoms with Crippen molar-refractivity contribution in [2.24, 2.45) is 0 Å². The van der Waals surface area contributed by atoms with Crippen molar-refractivity contribution in [3.63, 3.8) is 0 Å². The lowest BCUT2D eigenvalue weighted by atomic mass is 10.1. The van der Waals surface area contributed by atoms with Crippen molar-refractivity contribution in [1.82, 2.24) is 10.3 Å². The number of amides is 1.